The van der Waals surface area contributed by atoms with Crippen LogP contribution in [0.25, 0.3) is 0 Å². The van der Waals surface area contributed by atoms with Crippen LogP contribution in [0.2, 0.25) is 6.32 Å². The molecular formula is C9H20BO. The second-order valence-electron chi connectivity index (χ2n) is 4.45. The van der Waals surface area contributed by atoms with Crippen LogP contribution in [0, 0.1) is 5.41 Å². The van der Waals surface area contributed by atoms with Gasteiger partial charge in [0.25, 0.3) is 7.48 Å². The van der Waals surface area contributed by atoms with Crippen molar-refractivity contribution in [3.05, 3.63) is 0 Å². The predicted octanol–water partition coefficient (Wildman–Crippen LogP) is 2.89. The van der Waals surface area contributed by atoms with Gasteiger partial charge < -0.3 is 4.65 Å². The highest BCUT2D eigenvalue weighted by molar-refractivity contribution is 6.27. The van der Waals surface area contributed by atoms with Crippen LogP contribution >= 0.6 is 0 Å². The number of rotatable bonds is 3. The molecule has 1 radical (unpaired) electrons. The monoisotopic (exact) mass is 155 g/mol. The van der Waals surface area contributed by atoms with Crippen molar-refractivity contribution in [3.8, 4) is 0 Å². The summed E-state index contributed by atoms with van der Waals surface area (Å²) in [6, 6.07) is 0. The van der Waals surface area contributed by atoms with Gasteiger partial charge in [-0.1, -0.05) is 34.0 Å². The van der Waals surface area contributed by atoms with Crippen molar-refractivity contribution < 1.29 is 4.65 Å². The van der Waals surface area contributed by atoms with Gasteiger partial charge in [-0.05, 0) is 19.3 Å². The molecule has 0 aliphatic rings. The van der Waals surface area contributed by atoms with Gasteiger partial charge in [-0.3, -0.25) is 0 Å². The molecule has 0 aromatic carbocycles. The van der Waals surface area contributed by atoms with Gasteiger partial charge in [0, 0.05) is 5.60 Å². The largest absolute Gasteiger partial charge is 0.435 e. The minimum Gasteiger partial charge on any atom is -0.435 e. The van der Waals surface area contributed by atoms with E-state index < -0.39 is 0 Å². The first-order chi connectivity index (χ1) is 4.81. The summed E-state index contributed by atoms with van der Waals surface area (Å²) in [5.74, 6) is 0. The van der Waals surface area contributed by atoms with Crippen molar-refractivity contribution in [2.75, 3.05) is 0 Å². The van der Waals surface area contributed by atoms with E-state index in [0.717, 1.165) is 6.32 Å². The van der Waals surface area contributed by atoms with Crippen LogP contribution in [0.5, 0.6) is 0 Å². The maximum atomic E-state index is 5.62. The van der Waals surface area contributed by atoms with Crippen LogP contribution in [-0.2, 0) is 4.65 Å². The maximum Gasteiger partial charge on any atom is 0.292 e. The molecule has 11 heavy (non-hydrogen) atoms. The van der Waals surface area contributed by atoms with Gasteiger partial charge in [0.05, 0.1) is 0 Å². The molecule has 0 heterocycles. The summed E-state index contributed by atoms with van der Waals surface area (Å²) < 4.78 is 5.62. The van der Waals surface area contributed by atoms with Crippen molar-refractivity contribution in [2.24, 2.45) is 5.41 Å². The number of hydrogen-bond acceptors (Lipinski definition) is 1. The first-order valence-corrected chi connectivity index (χ1v) is 4.31. The molecule has 0 unspecified atom stereocenters. The third-order valence-corrected chi connectivity index (χ3v) is 2.35. The molecule has 0 aromatic rings. The lowest BCUT2D eigenvalue weighted by atomic mass is 9.77. The molecule has 65 valence electrons. The molecule has 0 amide bonds. The minimum absolute atomic E-state index is 0.0665. The van der Waals surface area contributed by atoms with E-state index in [1.54, 1.807) is 0 Å². The van der Waals surface area contributed by atoms with E-state index in [4.69, 9.17) is 4.65 Å². The highest BCUT2D eigenvalue weighted by Gasteiger charge is 2.32. The van der Waals surface area contributed by atoms with Crippen molar-refractivity contribution in [2.45, 2.75) is 53.5 Å². The van der Waals surface area contributed by atoms with Crippen LogP contribution in [0.4, 0.5) is 0 Å². The SMILES string of the molecule is CC[B]OC(C)(C)C(C)(C)C. The summed E-state index contributed by atoms with van der Waals surface area (Å²) in [4.78, 5) is 0. The summed E-state index contributed by atoms with van der Waals surface area (Å²) in [5.41, 5.74) is 0.127. The first-order valence-electron chi connectivity index (χ1n) is 4.31. The van der Waals surface area contributed by atoms with E-state index in [1.165, 1.54) is 0 Å². The summed E-state index contributed by atoms with van der Waals surface area (Å²) in [7, 11) is 1.88. The molecule has 0 bridgehead atoms. The molecule has 0 aliphatic heterocycles. The smallest absolute Gasteiger partial charge is 0.292 e. The zero-order valence-electron chi connectivity index (χ0n) is 8.69. The van der Waals surface area contributed by atoms with Crippen LogP contribution < -0.4 is 0 Å². The second-order valence-corrected chi connectivity index (χ2v) is 4.45. The Kier molecular flexibility index (Phi) is 3.63. The van der Waals surface area contributed by atoms with E-state index in [0.29, 0.717) is 0 Å². The van der Waals surface area contributed by atoms with E-state index in [2.05, 4.69) is 41.5 Å². The van der Waals surface area contributed by atoms with E-state index in [9.17, 15) is 0 Å². The highest BCUT2D eigenvalue weighted by atomic mass is 16.5. The third kappa shape index (κ3) is 3.28. The fraction of sp³-hybridized carbons (Fsp3) is 1.00. The number of hydrogen-bond donors (Lipinski definition) is 0. The fourth-order valence-electron chi connectivity index (χ4n) is 0.468. The van der Waals surface area contributed by atoms with Crippen molar-refractivity contribution in [1.29, 1.82) is 0 Å². The van der Waals surface area contributed by atoms with Crippen molar-refractivity contribution in [3.63, 3.8) is 0 Å². The van der Waals surface area contributed by atoms with Gasteiger partial charge >= 0.3 is 0 Å². The Morgan fingerprint density at radius 1 is 1.09 bits per heavy atom. The van der Waals surface area contributed by atoms with Crippen molar-refractivity contribution in [1.82, 2.24) is 0 Å². The summed E-state index contributed by atoms with van der Waals surface area (Å²) in [6.45, 7) is 12.9. The molecule has 0 aliphatic carbocycles. The Hall–Kier alpha value is 0.0249. The van der Waals surface area contributed by atoms with Gasteiger partial charge in [0.2, 0.25) is 0 Å². The molecule has 0 aromatic heterocycles. The van der Waals surface area contributed by atoms with Gasteiger partial charge in [0.1, 0.15) is 0 Å². The Labute approximate surface area is 71.8 Å². The standard InChI is InChI=1S/C9H20BO/c1-7-10-11-9(5,6)8(2,3)4/h7H2,1-6H3. The topological polar surface area (TPSA) is 9.23 Å². The summed E-state index contributed by atoms with van der Waals surface area (Å²) in [5, 5.41) is 0. The lowest BCUT2D eigenvalue weighted by Crippen LogP contribution is -2.40. The molecule has 0 saturated carbocycles. The second kappa shape index (κ2) is 3.62. The maximum absolute atomic E-state index is 5.62. The first kappa shape index (κ1) is 11.0. The fourth-order valence-corrected chi connectivity index (χ4v) is 0.468. The Bertz CT molecular complexity index is 113. The molecule has 1 nitrogen and oxygen atoms in total. The molecule has 0 N–H and O–H groups in total. The van der Waals surface area contributed by atoms with Gasteiger partial charge in [0.15, 0.2) is 0 Å². The van der Waals surface area contributed by atoms with Gasteiger partial charge in [-0.15, -0.1) is 0 Å². The molecule has 0 spiro atoms. The molecule has 0 rings (SSSR count). The molecule has 0 atom stereocenters. The Morgan fingerprint density at radius 3 is 1.82 bits per heavy atom. The van der Waals surface area contributed by atoms with E-state index in [1.807, 2.05) is 7.48 Å². The zero-order chi connectivity index (χ0) is 9.12. The van der Waals surface area contributed by atoms with Crippen molar-refractivity contribution >= 4 is 7.48 Å². The lowest BCUT2D eigenvalue weighted by molar-refractivity contribution is 0.00315. The Morgan fingerprint density at radius 2 is 1.55 bits per heavy atom. The molecule has 2 heteroatoms. The zero-order valence-corrected chi connectivity index (χ0v) is 8.69. The third-order valence-electron chi connectivity index (χ3n) is 2.35. The van der Waals surface area contributed by atoms with E-state index >= 15 is 0 Å². The van der Waals surface area contributed by atoms with Gasteiger partial charge in [-0.25, -0.2) is 0 Å². The predicted molar refractivity (Wildman–Crippen MR) is 50.9 cm³/mol. The molecule has 0 fully saturated rings. The summed E-state index contributed by atoms with van der Waals surface area (Å²) in [6.07, 6.45) is 0.972. The quantitative estimate of drug-likeness (QED) is 0.569. The average molecular weight is 155 g/mol. The molecule has 0 saturated heterocycles. The summed E-state index contributed by atoms with van der Waals surface area (Å²) >= 11 is 0. The molecular weight excluding hydrogens is 135 g/mol. The van der Waals surface area contributed by atoms with E-state index in [-0.39, 0.29) is 11.0 Å². The van der Waals surface area contributed by atoms with Gasteiger partial charge in [-0.2, -0.15) is 0 Å². The normalized spacial score (nSPS) is 13.3. The highest BCUT2D eigenvalue weighted by Crippen LogP contribution is 2.32. The average Bonchev–Trinajstić information content (AvgIpc) is 1.81. The minimum atomic E-state index is -0.0665. The van der Waals surface area contributed by atoms with Crippen LogP contribution in [0.1, 0.15) is 41.5 Å². The van der Waals surface area contributed by atoms with Crippen LogP contribution in [0.3, 0.4) is 0 Å². The van der Waals surface area contributed by atoms with Crippen LogP contribution in [0.15, 0.2) is 0 Å². The Balaban J connectivity index is 4.00. The van der Waals surface area contributed by atoms with Crippen LogP contribution in [-0.4, -0.2) is 13.1 Å². The lowest BCUT2D eigenvalue weighted by Gasteiger charge is -2.39.